The third-order valence-electron chi connectivity index (χ3n) is 1.36. The van der Waals surface area contributed by atoms with Gasteiger partial charge in [-0.2, -0.15) is 5.10 Å². The van der Waals surface area contributed by atoms with Crippen LogP contribution in [0.1, 0.15) is 6.42 Å². The number of hydrogen-bond donors (Lipinski definition) is 1. The number of aliphatic hydroxyl groups excluding tert-OH is 1. The lowest BCUT2D eigenvalue weighted by Crippen LogP contribution is -1.96. The van der Waals surface area contributed by atoms with Gasteiger partial charge in [0.15, 0.2) is 0 Å². The molecule has 1 heterocycles. The molecule has 1 aromatic heterocycles. The fourth-order valence-electron chi connectivity index (χ4n) is 0.832. The summed E-state index contributed by atoms with van der Waals surface area (Å²) in [7, 11) is 0. The standard InChI is InChI=1S/C8H12N2O/c11-8-3-1-2-6-10-7-4-5-9-10/h1,3-5,7,11H,2,6,8H2/b3-1+. The van der Waals surface area contributed by atoms with Crippen molar-refractivity contribution in [2.45, 2.75) is 13.0 Å². The quantitative estimate of drug-likeness (QED) is 0.649. The van der Waals surface area contributed by atoms with E-state index in [0.717, 1.165) is 13.0 Å². The van der Waals surface area contributed by atoms with Gasteiger partial charge in [0.25, 0.3) is 0 Å². The summed E-state index contributed by atoms with van der Waals surface area (Å²) in [4.78, 5) is 0. The Bertz CT molecular complexity index is 204. The number of aryl methyl sites for hydroxylation is 1. The van der Waals surface area contributed by atoms with E-state index < -0.39 is 0 Å². The summed E-state index contributed by atoms with van der Waals surface area (Å²) in [5.74, 6) is 0. The Kier molecular flexibility index (Phi) is 3.41. The van der Waals surface area contributed by atoms with E-state index in [1.165, 1.54) is 0 Å². The smallest absolute Gasteiger partial charge is 0.0612 e. The lowest BCUT2D eigenvalue weighted by Gasteiger charge is -1.94. The molecule has 0 spiro atoms. The Morgan fingerprint density at radius 1 is 1.45 bits per heavy atom. The molecule has 60 valence electrons. The van der Waals surface area contributed by atoms with Gasteiger partial charge < -0.3 is 5.11 Å². The van der Waals surface area contributed by atoms with Crippen LogP contribution < -0.4 is 0 Å². The van der Waals surface area contributed by atoms with Crippen LogP contribution in [-0.2, 0) is 6.54 Å². The van der Waals surface area contributed by atoms with Crippen molar-refractivity contribution in [3.8, 4) is 0 Å². The number of aromatic nitrogens is 2. The van der Waals surface area contributed by atoms with E-state index in [9.17, 15) is 0 Å². The molecule has 11 heavy (non-hydrogen) atoms. The first-order chi connectivity index (χ1) is 5.43. The lowest BCUT2D eigenvalue weighted by atomic mass is 10.4. The van der Waals surface area contributed by atoms with Crippen LogP contribution in [0.2, 0.25) is 0 Å². The average molecular weight is 152 g/mol. The largest absolute Gasteiger partial charge is 0.392 e. The molecule has 0 saturated heterocycles. The SMILES string of the molecule is OC/C=C/CCn1cccn1. The van der Waals surface area contributed by atoms with Crippen molar-refractivity contribution in [2.24, 2.45) is 0 Å². The van der Waals surface area contributed by atoms with E-state index >= 15 is 0 Å². The molecule has 0 fully saturated rings. The van der Waals surface area contributed by atoms with E-state index in [1.807, 2.05) is 23.0 Å². The van der Waals surface area contributed by atoms with Crippen LogP contribution in [0.4, 0.5) is 0 Å². The van der Waals surface area contributed by atoms with Gasteiger partial charge in [0.2, 0.25) is 0 Å². The van der Waals surface area contributed by atoms with Gasteiger partial charge in [-0.1, -0.05) is 12.2 Å². The van der Waals surface area contributed by atoms with Crippen LogP contribution in [0, 0.1) is 0 Å². The second-order valence-electron chi connectivity index (χ2n) is 2.21. The highest BCUT2D eigenvalue weighted by atomic mass is 16.2. The summed E-state index contributed by atoms with van der Waals surface area (Å²) in [6, 6.07) is 1.90. The van der Waals surface area contributed by atoms with Crippen molar-refractivity contribution < 1.29 is 5.11 Å². The summed E-state index contributed by atoms with van der Waals surface area (Å²) < 4.78 is 1.86. The van der Waals surface area contributed by atoms with E-state index in [0.29, 0.717) is 0 Å². The zero-order valence-corrected chi connectivity index (χ0v) is 6.35. The molecule has 3 heteroatoms. The Morgan fingerprint density at radius 3 is 3.00 bits per heavy atom. The van der Waals surface area contributed by atoms with Gasteiger partial charge in [0.05, 0.1) is 6.61 Å². The summed E-state index contributed by atoms with van der Waals surface area (Å²) in [5, 5.41) is 12.4. The average Bonchev–Trinajstić information content (AvgIpc) is 2.50. The fourth-order valence-corrected chi connectivity index (χ4v) is 0.832. The molecule has 0 amide bonds. The highest BCUT2D eigenvalue weighted by Crippen LogP contribution is 1.89. The van der Waals surface area contributed by atoms with Gasteiger partial charge in [-0.15, -0.1) is 0 Å². The summed E-state index contributed by atoms with van der Waals surface area (Å²) in [6.07, 6.45) is 8.29. The van der Waals surface area contributed by atoms with E-state index in [4.69, 9.17) is 5.11 Å². The molecule has 3 nitrogen and oxygen atoms in total. The molecule has 0 aliphatic heterocycles. The summed E-state index contributed by atoms with van der Waals surface area (Å²) in [5.41, 5.74) is 0. The third-order valence-corrected chi connectivity index (χ3v) is 1.36. The maximum Gasteiger partial charge on any atom is 0.0612 e. The van der Waals surface area contributed by atoms with Crippen LogP contribution in [0.5, 0.6) is 0 Å². The van der Waals surface area contributed by atoms with Gasteiger partial charge >= 0.3 is 0 Å². The van der Waals surface area contributed by atoms with E-state index in [2.05, 4.69) is 5.10 Å². The first-order valence-electron chi connectivity index (χ1n) is 3.67. The predicted octanol–water partition coefficient (Wildman–Crippen LogP) is 0.822. The zero-order chi connectivity index (χ0) is 7.94. The fraction of sp³-hybridized carbons (Fsp3) is 0.375. The first kappa shape index (κ1) is 8.01. The minimum Gasteiger partial charge on any atom is -0.392 e. The van der Waals surface area contributed by atoms with Gasteiger partial charge in [-0.3, -0.25) is 4.68 Å². The van der Waals surface area contributed by atoms with Crippen LogP contribution in [0.25, 0.3) is 0 Å². The van der Waals surface area contributed by atoms with Crippen molar-refractivity contribution in [3.63, 3.8) is 0 Å². The highest BCUT2D eigenvalue weighted by molar-refractivity contribution is 4.82. The Hall–Kier alpha value is -1.09. The topological polar surface area (TPSA) is 38.0 Å². The zero-order valence-electron chi connectivity index (χ0n) is 6.35. The Labute approximate surface area is 66.0 Å². The Balaban J connectivity index is 2.19. The second-order valence-corrected chi connectivity index (χ2v) is 2.21. The van der Waals surface area contributed by atoms with Gasteiger partial charge in [-0.05, 0) is 12.5 Å². The van der Waals surface area contributed by atoms with Crippen LogP contribution in [0.15, 0.2) is 30.6 Å². The minimum absolute atomic E-state index is 0.124. The van der Waals surface area contributed by atoms with Crippen molar-refractivity contribution in [3.05, 3.63) is 30.6 Å². The maximum absolute atomic E-state index is 8.41. The van der Waals surface area contributed by atoms with Crippen molar-refractivity contribution in [2.75, 3.05) is 6.61 Å². The third kappa shape index (κ3) is 3.00. The molecule has 0 aliphatic rings. The molecular weight excluding hydrogens is 140 g/mol. The molecule has 0 aliphatic carbocycles. The first-order valence-corrected chi connectivity index (χ1v) is 3.67. The number of hydrogen-bond acceptors (Lipinski definition) is 2. The number of allylic oxidation sites excluding steroid dienone is 1. The number of aliphatic hydroxyl groups is 1. The lowest BCUT2D eigenvalue weighted by molar-refractivity contribution is 0.342. The normalized spacial score (nSPS) is 11.0. The van der Waals surface area contributed by atoms with Crippen molar-refractivity contribution in [1.82, 2.24) is 9.78 Å². The van der Waals surface area contributed by atoms with Gasteiger partial charge in [0.1, 0.15) is 0 Å². The molecule has 1 aromatic rings. The van der Waals surface area contributed by atoms with Gasteiger partial charge in [-0.25, -0.2) is 0 Å². The van der Waals surface area contributed by atoms with Crippen LogP contribution >= 0.6 is 0 Å². The number of nitrogens with zero attached hydrogens (tertiary/aromatic N) is 2. The molecule has 0 bridgehead atoms. The molecule has 1 rings (SSSR count). The molecule has 0 aromatic carbocycles. The van der Waals surface area contributed by atoms with E-state index in [1.54, 1.807) is 12.3 Å². The second kappa shape index (κ2) is 4.68. The summed E-state index contributed by atoms with van der Waals surface area (Å²) >= 11 is 0. The predicted molar refractivity (Wildman–Crippen MR) is 43.1 cm³/mol. The van der Waals surface area contributed by atoms with Crippen molar-refractivity contribution >= 4 is 0 Å². The highest BCUT2D eigenvalue weighted by Gasteiger charge is 1.85. The summed E-state index contributed by atoms with van der Waals surface area (Å²) in [6.45, 7) is 1.00. The molecule has 0 unspecified atom stereocenters. The molecule has 0 saturated carbocycles. The monoisotopic (exact) mass is 152 g/mol. The van der Waals surface area contributed by atoms with E-state index in [-0.39, 0.29) is 6.61 Å². The molecular formula is C8H12N2O. The maximum atomic E-state index is 8.41. The minimum atomic E-state index is 0.124. The molecule has 1 N–H and O–H groups in total. The number of rotatable bonds is 4. The Morgan fingerprint density at radius 2 is 2.36 bits per heavy atom. The van der Waals surface area contributed by atoms with Gasteiger partial charge in [0, 0.05) is 18.9 Å². The van der Waals surface area contributed by atoms with Crippen LogP contribution in [0.3, 0.4) is 0 Å². The van der Waals surface area contributed by atoms with Crippen LogP contribution in [-0.4, -0.2) is 21.5 Å². The molecule has 0 radical (unpaired) electrons. The molecule has 0 atom stereocenters. The van der Waals surface area contributed by atoms with Crippen molar-refractivity contribution in [1.29, 1.82) is 0 Å².